The van der Waals surface area contributed by atoms with E-state index in [4.69, 9.17) is 10.5 Å². The number of nitrogens with two attached hydrogens (primary N) is 1. The maximum Gasteiger partial charge on any atom is 0.328 e. The number of hydrogen-bond donors (Lipinski definition) is 2. The summed E-state index contributed by atoms with van der Waals surface area (Å²) < 4.78 is 5.68. The van der Waals surface area contributed by atoms with Crippen molar-refractivity contribution in [3.8, 4) is 5.75 Å². The fourth-order valence-corrected chi connectivity index (χ4v) is 2.31. The van der Waals surface area contributed by atoms with Crippen LogP contribution in [0.1, 0.15) is 18.9 Å². The summed E-state index contributed by atoms with van der Waals surface area (Å²) in [5.74, 6) is 0.472. The van der Waals surface area contributed by atoms with Crippen LogP contribution in [0.3, 0.4) is 0 Å². The first kappa shape index (κ1) is 18.3. The summed E-state index contributed by atoms with van der Waals surface area (Å²) in [6, 6.07) is 13.9. The Bertz CT molecular complexity index is 729. The van der Waals surface area contributed by atoms with Gasteiger partial charge in [-0.15, -0.1) is 0 Å². The Morgan fingerprint density at radius 2 is 1.80 bits per heavy atom. The molecule has 6 heteroatoms. The van der Waals surface area contributed by atoms with E-state index in [1.807, 2.05) is 31.2 Å². The average molecular weight is 341 g/mol. The van der Waals surface area contributed by atoms with Gasteiger partial charge in [-0.2, -0.15) is 0 Å². The second-order valence-electron chi connectivity index (χ2n) is 5.65. The Hall–Kier alpha value is -3.02. The van der Waals surface area contributed by atoms with E-state index in [1.165, 1.54) is 6.92 Å². The van der Waals surface area contributed by atoms with Gasteiger partial charge in [-0.1, -0.05) is 18.2 Å². The monoisotopic (exact) mass is 341 g/mol. The van der Waals surface area contributed by atoms with Crippen molar-refractivity contribution in [2.75, 3.05) is 23.8 Å². The van der Waals surface area contributed by atoms with Crippen molar-refractivity contribution >= 4 is 23.3 Å². The van der Waals surface area contributed by atoms with Crippen molar-refractivity contribution in [2.45, 2.75) is 20.3 Å². The summed E-state index contributed by atoms with van der Waals surface area (Å²) in [6.45, 7) is 4.21. The number of carbonyl (C=O) groups excluding carboxylic acids is 2. The van der Waals surface area contributed by atoms with Crippen LogP contribution in [0.25, 0.3) is 0 Å². The third-order valence-corrected chi connectivity index (χ3v) is 3.62. The van der Waals surface area contributed by atoms with E-state index in [1.54, 1.807) is 24.3 Å². The standard InChI is InChI=1S/C19H23N3O3/c1-14-6-3-4-7-18(14)25-13-5-12-21-19(24)22(15(2)23)17-10-8-16(20)9-11-17/h3-4,6-11H,5,12-13,20H2,1-2H3,(H,21,24). The molecule has 0 spiro atoms. The first-order valence-electron chi connectivity index (χ1n) is 8.11. The number of nitrogen functional groups attached to an aromatic ring is 1. The van der Waals surface area contributed by atoms with Gasteiger partial charge in [-0.3, -0.25) is 4.79 Å². The number of amides is 3. The lowest BCUT2D eigenvalue weighted by molar-refractivity contribution is -0.115. The topological polar surface area (TPSA) is 84.7 Å². The van der Waals surface area contributed by atoms with Crippen molar-refractivity contribution in [1.29, 1.82) is 0 Å². The van der Waals surface area contributed by atoms with Crippen LogP contribution < -0.4 is 20.7 Å². The number of carbonyl (C=O) groups is 2. The lowest BCUT2D eigenvalue weighted by Crippen LogP contribution is -2.43. The fraction of sp³-hybridized carbons (Fsp3) is 0.263. The summed E-state index contributed by atoms with van der Waals surface area (Å²) >= 11 is 0. The molecule has 0 atom stereocenters. The van der Waals surface area contributed by atoms with Crippen LogP contribution in [0.15, 0.2) is 48.5 Å². The van der Waals surface area contributed by atoms with Gasteiger partial charge in [0.15, 0.2) is 0 Å². The molecule has 0 aliphatic rings. The third kappa shape index (κ3) is 5.24. The van der Waals surface area contributed by atoms with Gasteiger partial charge in [0.05, 0.1) is 12.3 Å². The molecule has 0 saturated carbocycles. The molecule has 2 rings (SSSR count). The van der Waals surface area contributed by atoms with Crippen LogP contribution in [0, 0.1) is 6.92 Å². The van der Waals surface area contributed by atoms with Crippen molar-refractivity contribution < 1.29 is 14.3 Å². The molecule has 0 aliphatic heterocycles. The highest BCUT2D eigenvalue weighted by molar-refractivity contribution is 6.13. The highest BCUT2D eigenvalue weighted by Crippen LogP contribution is 2.17. The number of rotatable bonds is 6. The van der Waals surface area contributed by atoms with Gasteiger partial charge in [0.2, 0.25) is 5.91 Å². The molecule has 0 unspecified atom stereocenters. The van der Waals surface area contributed by atoms with Gasteiger partial charge in [0.25, 0.3) is 0 Å². The minimum atomic E-state index is -0.465. The molecular weight excluding hydrogens is 318 g/mol. The summed E-state index contributed by atoms with van der Waals surface area (Å²) in [5.41, 5.74) is 7.75. The predicted octanol–water partition coefficient (Wildman–Crippen LogP) is 3.11. The first-order valence-corrected chi connectivity index (χ1v) is 8.11. The lowest BCUT2D eigenvalue weighted by atomic mass is 10.2. The molecule has 3 amide bonds. The van der Waals surface area contributed by atoms with E-state index in [0.717, 1.165) is 16.2 Å². The second-order valence-corrected chi connectivity index (χ2v) is 5.65. The molecule has 132 valence electrons. The number of ether oxygens (including phenoxy) is 1. The zero-order valence-corrected chi connectivity index (χ0v) is 14.5. The number of hydrogen-bond acceptors (Lipinski definition) is 4. The Labute approximate surface area is 147 Å². The molecule has 0 heterocycles. The molecule has 3 N–H and O–H groups in total. The van der Waals surface area contributed by atoms with E-state index in [-0.39, 0.29) is 5.91 Å². The van der Waals surface area contributed by atoms with Crippen LogP contribution in [0.5, 0.6) is 5.75 Å². The van der Waals surface area contributed by atoms with E-state index < -0.39 is 6.03 Å². The Kier molecular flexibility index (Phi) is 6.39. The first-order chi connectivity index (χ1) is 12.0. The Morgan fingerprint density at radius 3 is 2.44 bits per heavy atom. The quantitative estimate of drug-likeness (QED) is 0.624. The number of aryl methyl sites for hydroxylation is 1. The summed E-state index contributed by atoms with van der Waals surface area (Å²) in [5, 5.41) is 2.73. The smallest absolute Gasteiger partial charge is 0.328 e. The van der Waals surface area contributed by atoms with Gasteiger partial charge in [-0.05, 0) is 49.2 Å². The summed E-state index contributed by atoms with van der Waals surface area (Å²) in [6.07, 6.45) is 0.632. The molecule has 0 aromatic heterocycles. The highest BCUT2D eigenvalue weighted by atomic mass is 16.5. The maximum absolute atomic E-state index is 12.3. The molecule has 6 nitrogen and oxygen atoms in total. The number of urea groups is 1. The lowest BCUT2D eigenvalue weighted by Gasteiger charge is -2.20. The molecule has 2 aromatic carbocycles. The minimum Gasteiger partial charge on any atom is -0.493 e. The van der Waals surface area contributed by atoms with Crippen molar-refractivity contribution in [1.82, 2.24) is 5.32 Å². The molecule has 0 fully saturated rings. The normalized spacial score (nSPS) is 10.2. The fourth-order valence-electron chi connectivity index (χ4n) is 2.31. The number of anilines is 2. The van der Waals surface area contributed by atoms with Crippen molar-refractivity contribution in [2.24, 2.45) is 0 Å². The predicted molar refractivity (Wildman–Crippen MR) is 98.7 cm³/mol. The second kappa shape index (κ2) is 8.73. The van der Waals surface area contributed by atoms with Gasteiger partial charge in [0.1, 0.15) is 5.75 Å². The van der Waals surface area contributed by atoms with E-state index in [0.29, 0.717) is 30.9 Å². The molecule has 0 radical (unpaired) electrons. The molecule has 25 heavy (non-hydrogen) atoms. The van der Waals surface area contributed by atoms with Crippen LogP contribution in [-0.2, 0) is 4.79 Å². The van der Waals surface area contributed by atoms with Crippen LogP contribution >= 0.6 is 0 Å². The van der Waals surface area contributed by atoms with Gasteiger partial charge in [0, 0.05) is 19.2 Å². The van der Waals surface area contributed by atoms with Gasteiger partial charge in [-0.25, -0.2) is 9.69 Å². The van der Waals surface area contributed by atoms with Crippen molar-refractivity contribution in [3.05, 3.63) is 54.1 Å². The zero-order valence-electron chi connectivity index (χ0n) is 14.5. The summed E-state index contributed by atoms with van der Waals surface area (Å²) in [4.78, 5) is 25.2. The number of benzene rings is 2. The highest BCUT2D eigenvalue weighted by Gasteiger charge is 2.19. The number of nitrogens with one attached hydrogen (secondary N) is 1. The van der Waals surface area contributed by atoms with Crippen LogP contribution in [0.2, 0.25) is 0 Å². The van der Waals surface area contributed by atoms with Crippen molar-refractivity contribution in [3.63, 3.8) is 0 Å². The number of imide groups is 1. The SMILES string of the molecule is CC(=O)N(C(=O)NCCCOc1ccccc1C)c1ccc(N)cc1. The van der Waals surface area contributed by atoms with E-state index in [9.17, 15) is 9.59 Å². The van der Waals surface area contributed by atoms with Gasteiger partial charge >= 0.3 is 6.03 Å². The largest absolute Gasteiger partial charge is 0.493 e. The third-order valence-electron chi connectivity index (χ3n) is 3.62. The van der Waals surface area contributed by atoms with E-state index >= 15 is 0 Å². The van der Waals surface area contributed by atoms with Crippen LogP contribution in [0.4, 0.5) is 16.2 Å². The van der Waals surface area contributed by atoms with Gasteiger partial charge < -0.3 is 15.8 Å². The van der Waals surface area contributed by atoms with E-state index in [2.05, 4.69) is 5.32 Å². The molecule has 2 aromatic rings. The average Bonchev–Trinajstić information content (AvgIpc) is 2.58. The molecule has 0 bridgehead atoms. The number of para-hydroxylation sites is 1. The Morgan fingerprint density at radius 1 is 1.12 bits per heavy atom. The molecular formula is C19H23N3O3. The summed E-state index contributed by atoms with van der Waals surface area (Å²) in [7, 11) is 0. The van der Waals surface area contributed by atoms with Crippen LogP contribution in [-0.4, -0.2) is 25.1 Å². The maximum atomic E-state index is 12.3. The molecule has 0 saturated heterocycles. The number of nitrogens with zero attached hydrogens (tertiary/aromatic N) is 1. The zero-order chi connectivity index (χ0) is 18.2. The minimum absolute atomic E-state index is 0.363. The molecule has 0 aliphatic carbocycles. The Balaban J connectivity index is 1.82.